The summed E-state index contributed by atoms with van der Waals surface area (Å²) in [5.74, 6) is 0.527. The Morgan fingerprint density at radius 2 is 1.87 bits per heavy atom. The van der Waals surface area contributed by atoms with Crippen molar-refractivity contribution < 1.29 is 14.9 Å². The first-order valence-electron chi connectivity index (χ1n) is 7.44. The molecule has 23 heavy (non-hydrogen) atoms. The van der Waals surface area contributed by atoms with E-state index in [1.165, 1.54) is 0 Å². The summed E-state index contributed by atoms with van der Waals surface area (Å²) in [4.78, 5) is 4.52. The van der Waals surface area contributed by atoms with E-state index in [1.54, 1.807) is 23.6 Å². The van der Waals surface area contributed by atoms with E-state index in [4.69, 9.17) is 27.9 Å². The number of aromatic nitrogens is 2. The molecule has 0 saturated carbocycles. The number of anilines is 1. The topological polar surface area (TPSA) is 79.5 Å². The number of aliphatic hydroxyl groups is 2. The van der Waals surface area contributed by atoms with E-state index >= 15 is 0 Å². The van der Waals surface area contributed by atoms with Crippen LogP contribution in [-0.4, -0.2) is 44.1 Å². The molecule has 6 nitrogen and oxygen atoms in total. The van der Waals surface area contributed by atoms with E-state index < -0.39 is 24.5 Å². The minimum Gasteiger partial charge on any atom is -0.388 e. The van der Waals surface area contributed by atoms with E-state index in [1.807, 2.05) is 13.8 Å². The summed E-state index contributed by atoms with van der Waals surface area (Å²) in [5.41, 5.74) is 1.31. The number of nitrogens with one attached hydrogen (secondary N) is 1. The summed E-state index contributed by atoms with van der Waals surface area (Å²) >= 11 is 12.2. The maximum absolute atomic E-state index is 10.3. The van der Waals surface area contributed by atoms with Crippen molar-refractivity contribution in [1.82, 2.24) is 9.55 Å². The van der Waals surface area contributed by atoms with Crippen molar-refractivity contribution in [3.63, 3.8) is 0 Å². The number of rotatable bonds is 3. The maximum Gasteiger partial charge on any atom is 0.206 e. The van der Waals surface area contributed by atoms with Gasteiger partial charge in [-0.1, -0.05) is 23.2 Å². The lowest BCUT2D eigenvalue weighted by molar-refractivity contribution is -0.0284. The Balaban J connectivity index is 2.18. The number of fused-ring (bicyclic) bond motifs is 1. The third kappa shape index (κ3) is 2.90. The molecule has 8 heteroatoms. The van der Waals surface area contributed by atoms with E-state index in [-0.39, 0.29) is 6.04 Å². The first kappa shape index (κ1) is 16.8. The number of hydrogen-bond donors (Lipinski definition) is 3. The summed E-state index contributed by atoms with van der Waals surface area (Å²) < 4.78 is 7.45. The molecule has 1 aliphatic rings. The number of imidazole rings is 1. The highest BCUT2D eigenvalue weighted by Crippen LogP contribution is 2.37. The average molecular weight is 360 g/mol. The minimum absolute atomic E-state index is 0.123. The predicted molar refractivity (Wildman–Crippen MR) is 90.1 cm³/mol. The molecule has 0 amide bonds. The Labute approximate surface area is 144 Å². The van der Waals surface area contributed by atoms with Gasteiger partial charge in [-0.3, -0.25) is 4.57 Å². The maximum atomic E-state index is 10.3. The number of halogens is 2. The van der Waals surface area contributed by atoms with Gasteiger partial charge in [0, 0.05) is 6.04 Å². The van der Waals surface area contributed by atoms with Crippen molar-refractivity contribution in [2.45, 2.75) is 51.4 Å². The van der Waals surface area contributed by atoms with Gasteiger partial charge in [0.1, 0.15) is 12.2 Å². The van der Waals surface area contributed by atoms with Gasteiger partial charge in [0.15, 0.2) is 6.23 Å². The zero-order valence-corrected chi connectivity index (χ0v) is 14.5. The summed E-state index contributed by atoms with van der Waals surface area (Å²) in [6.45, 7) is 5.67. The van der Waals surface area contributed by atoms with Crippen LogP contribution in [0.4, 0.5) is 5.95 Å². The van der Waals surface area contributed by atoms with Gasteiger partial charge in [-0.25, -0.2) is 4.98 Å². The second-order valence-electron chi connectivity index (χ2n) is 6.07. The first-order valence-corrected chi connectivity index (χ1v) is 8.20. The van der Waals surface area contributed by atoms with Gasteiger partial charge in [-0.2, -0.15) is 0 Å². The number of ether oxygens (including phenoxy) is 1. The lowest BCUT2D eigenvalue weighted by Crippen LogP contribution is -2.31. The fourth-order valence-electron chi connectivity index (χ4n) is 2.75. The summed E-state index contributed by atoms with van der Waals surface area (Å²) in [6.07, 6.45) is -3.28. The largest absolute Gasteiger partial charge is 0.388 e. The molecule has 1 saturated heterocycles. The molecule has 2 aromatic rings. The molecule has 126 valence electrons. The molecular weight excluding hydrogens is 341 g/mol. The molecule has 1 aromatic heterocycles. The summed E-state index contributed by atoms with van der Waals surface area (Å²) in [6, 6.07) is 3.48. The Hall–Kier alpha value is -1.05. The molecule has 1 fully saturated rings. The second-order valence-corrected chi connectivity index (χ2v) is 6.89. The molecule has 0 radical (unpaired) electrons. The van der Waals surface area contributed by atoms with Gasteiger partial charge < -0.3 is 20.3 Å². The van der Waals surface area contributed by atoms with Crippen LogP contribution in [0.25, 0.3) is 11.0 Å². The normalized spacial score (nSPS) is 28.0. The van der Waals surface area contributed by atoms with Crippen LogP contribution in [0.3, 0.4) is 0 Å². The van der Waals surface area contributed by atoms with Gasteiger partial charge in [-0.05, 0) is 32.9 Å². The molecule has 1 aromatic carbocycles. The van der Waals surface area contributed by atoms with Gasteiger partial charge in [0.25, 0.3) is 0 Å². The van der Waals surface area contributed by atoms with E-state index in [9.17, 15) is 10.2 Å². The average Bonchev–Trinajstić information content (AvgIpc) is 2.91. The number of aliphatic hydroxyl groups excluding tert-OH is 2. The lowest BCUT2D eigenvalue weighted by Gasteiger charge is -2.21. The van der Waals surface area contributed by atoms with Crippen molar-refractivity contribution in [2.75, 3.05) is 5.32 Å². The van der Waals surface area contributed by atoms with Crippen LogP contribution in [0.2, 0.25) is 10.0 Å². The summed E-state index contributed by atoms with van der Waals surface area (Å²) in [5, 5.41) is 24.3. The van der Waals surface area contributed by atoms with E-state index in [0.29, 0.717) is 27.0 Å². The molecule has 0 bridgehead atoms. The smallest absolute Gasteiger partial charge is 0.206 e. The van der Waals surface area contributed by atoms with Crippen LogP contribution < -0.4 is 5.32 Å². The van der Waals surface area contributed by atoms with E-state index in [2.05, 4.69) is 10.3 Å². The Morgan fingerprint density at radius 3 is 2.43 bits per heavy atom. The quantitative estimate of drug-likeness (QED) is 0.785. The van der Waals surface area contributed by atoms with Gasteiger partial charge in [0.05, 0.1) is 27.2 Å². The van der Waals surface area contributed by atoms with Gasteiger partial charge >= 0.3 is 0 Å². The molecule has 4 atom stereocenters. The van der Waals surface area contributed by atoms with Crippen molar-refractivity contribution in [2.24, 2.45) is 0 Å². The van der Waals surface area contributed by atoms with Crippen molar-refractivity contribution in [1.29, 1.82) is 0 Å². The van der Waals surface area contributed by atoms with Crippen molar-refractivity contribution >= 4 is 40.2 Å². The Kier molecular flexibility index (Phi) is 4.46. The fraction of sp³-hybridized carbons (Fsp3) is 0.533. The molecule has 0 aliphatic carbocycles. The monoisotopic (exact) mass is 359 g/mol. The van der Waals surface area contributed by atoms with Crippen LogP contribution >= 0.6 is 23.2 Å². The van der Waals surface area contributed by atoms with Crippen LogP contribution in [0.1, 0.15) is 27.0 Å². The highest BCUT2D eigenvalue weighted by Gasteiger charge is 2.42. The molecule has 1 aliphatic heterocycles. The zero-order valence-electron chi connectivity index (χ0n) is 13.0. The second kappa shape index (κ2) is 6.11. The molecule has 0 spiro atoms. The molecule has 0 unspecified atom stereocenters. The van der Waals surface area contributed by atoms with Crippen LogP contribution in [0.15, 0.2) is 12.1 Å². The molecule has 3 rings (SSSR count). The summed E-state index contributed by atoms with van der Waals surface area (Å²) in [7, 11) is 0. The molecular formula is C15H19Cl2N3O3. The highest BCUT2D eigenvalue weighted by atomic mass is 35.5. The SMILES string of the molecule is CC(C)Nc1nc2cc(Cl)c(Cl)cc2n1[C@@H]1O[C@H](C)[C@@H](O)[C@H]1O. The Morgan fingerprint density at radius 1 is 1.22 bits per heavy atom. The Bertz CT molecular complexity index is 734. The van der Waals surface area contributed by atoms with Gasteiger partial charge in [-0.15, -0.1) is 0 Å². The van der Waals surface area contributed by atoms with Crippen LogP contribution in [0, 0.1) is 0 Å². The standard InChI is InChI=1S/C15H19Cl2N3O3/c1-6(2)18-15-19-10-4-8(16)9(17)5-11(10)20(15)14-13(22)12(21)7(3)23-14/h4-7,12-14,21-22H,1-3H3,(H,18,19)/t7-,12-,13-,14-/m1/s1. The van der Waals surface area contributed by atoms with Crippen molar-refractivity contribution in [3.05, 3.63) is 22.2 Å². The fourth-order valence-corrected chi connectivity index (χ4v) is 3.06. The zero-order chi connectivity index (χ0) is 16.9. The van der Waals surface area contributed by atoms with E-state index in [0.717, 1.165) is 0 Å². The van der Waals surface area contributed by atoms with Crippen LogP contribution in [0.5, 0.6) is 0 Å². The number of benzene rings is 1. The third-order valence-corrected chi connectivity index (χ3v) is 4.60. The minimum atomic E-state index is -1.07. The first-order chi connectivity index (χ1) is 10.8. The molecule has 2 heterocycles. The third-order valence-electron chi connectivity index (χ3n) is 3.88. The predicted octanol–water partition coefficient (Wildman–Crippen LogP) is 2.80. The van der Waals surface area contributed by atoms with Gasteiger partial charge in [0.2, 0.25) is 5.95 Å². The molecule has 3 N–H and O–H groups in total. The van der Waals surface area contributed by atoms with Crippen LogP contribution in [-0.2, 0) is 4.74 Å². The van der Waals surface area contributed by atoms with Crippen molar-refractivity contribution in [3.8, 4) is 0 Å². The highest BCUT2D eigenvalue weighted by molar-refractivity contribution is 6.42. The number of hydrogen-bond acceptors (Lipinski definition) is 5. The number of nitrogens with zero attached hydrogens (tertiary/aromatic N) is 2. The lowest BCUT2D eigenvalue weighted by atomic mass is 10.1.